The molecule has 1 fully saturated rings. The van der Waals surface area contributed by atoms with Crippen molar-refractivity contribution in [3.63, 3.8) is 0 Å². The lowest BCUT2D eigenvalue weighted by Crippen LogP contribution is -2.55. The first kappa shape index (κ1) is 23.4. The molecule has 0 radical (unpaired) electrons. The number of benzene rings is 3. The third kappa shape index (κ3) is 6.84. The predicted molar refractivity (Wildman–Crippen MR) is 131 cm³/mol. The fraction of sp³-hybridized carbons (Fsp3) is 0.345. The molecule has 0 spiro atoms. The minimum Gasteiger partial charge on any atom is -0.375 e. The molecule has 172 valence electrons. The highest BCUT2D eigenvalue weighted by molar-refractivity contribution is 5.50. The minimum atomic E-state index is 0.0487. The monoisotopic (exact) mass is 443 g/mol. The molecule has 0 saturated carbocycles. The molecule has 0 aromatic heterocycles. The lowest BCUT2D eigenvalue weighted by molar-refractivity contribution is -0.117. The number of aldehydes is 1. The van der Waals surface area contributed by atoms with Crippen molar-refractivity contribution in [1.82, 2.24) is 4.90 Å². The number of nitrogens with zero attached hydrogens (tertiary/aromatic N) is 1. The van der Waals surface area contributed by atoms with Crippen LogP contribution in [0, 0.1) is 0 Å². The summed E-state index contributed by atoms with van der Waals surface area (Å²) in [4.78, 5) is 13.9. The van der Waals surface area contributed by atoms with Crippen LogP contribution in [0.3, 0.4) is 0 Å². The zero-order valence-corrected chi connectivity index (χ0v) is 19.1. The number of carbonyl (C=O) groups excluding carboxylic acids is 1. The molecule has 3 atom stereocenters. The molecule has 0 bridgehead atoms. The van der Waals surface area contributed by atoms with E-state index in [1.54, 1.807) is 0 Å². The first-order valence-electron chi connectivity index (χ1n) is 11.8. The van der Waals surface area contributed by atoms with E-state index in [0.717, 1.165) is 31.2 Å². The third-order valence-electron chi connectivity index (χ3n) is 6.39. The Morgan fingerprint density at radius 3 is 1.94 bits per heavy atom. The zero-order valence-electron chi connectivity index (χ0n) is 19.1. The maximum absolute atomic E-state index is 11.5. The van der Waals surface area contributed by atoms with Gasteiger partial charge in [0.1, 0.15) is 6.29 Å². The summed E-state index contributed by atoms with van der Waals surface area (Å²) < 4.78 is 12.7. The molecule has 33 heavy (non-hydrogen) atoms. The minimum absolute atomic E-state index is 0.0487. The first-order chi connectivity index (χ1) is 16.3. The third-order valence-corrected chi connectivity index (χ3v) is 6.39. The zero-order chi connectivity index (χ0) is 22.7. The van der Waals surface area contributed by atoms with Crippen LogP contribution in [0.4, 0.5) is 0 Å². The number of likely N-dealkylation sites (tertiary alicyclic amines) is 1. The van der Waals surface area contributed by atoms with Gasteiger partial charge in [0.25, 0.3) is 0 Å². The molecule has 1 aliphatic heterocycles. The molecule has 4 heteroatoms. The lowest BCUT2D eigenvalue weighted by atomic mass is 9.90. The van der Waals surface area contributed by atoms with Gasteiger partial charge in [0.15, 0.2) is 0 Å². The van der Waals surface area contributed by atoms with Crippen LogP contribution in [0.15, 0.2) is 91.0 Å². The maximum atomic E-state index is 11.5. The summed E-state index contributed by atoms with van der Waals surface area (Å²) in [5.74, 6) is 0. The number of piperidine rings is 1. The standard InChI is InChI=1S/C29H33NO3/c31-19-18-27-16-17-29(33-22-26-14-8-3-9-15-26)28(23-32-21-25-12-6-2-7-13-25)30(27)20-24-10-4-1-5-11-24/h1-15,19,27-29H,16-18,20-23H2/t27-,28?,29+/m1/s1. The summed E-state index contributed by atoms with van der Waals surface area (Å²) in [7, 11) is 0. The van der Waals surface area contributed by atoms with Gasteiger partial charge in [0.2, 0.25) is 0 Å². The summed E-state index contributed by atoms with van der Waals surface area (Å²) >= 11 is 0. The van der Waals surface area contributed by atoms with E-state index in [1.807, 2.05) is 42.5 Å². The van der Waals surface area contributed by atoms with E-state index in [-0.39, 0.29) is 18.2 Å². The molecule has 1 unspecified atom stereocenters. The SMILES string of the molecule is O=CC[C@H]1CC[C@H](OCc2ccccc2)C(COCc2ccccc2)N1Cc1ccccc1. The average Bonchev–Trinajstić information content (AvgIpc) is 2.87. The maximum Gasteiger partial charge on any atom is 0.121 e. The van der Waals surface area contributed by atoms with E-state index in [0.29, 0.717) is 26.2 Å². The Hall–Kier alpha value is -2.79. The summed E-state index contributed by atoms with van der Waals surface area (Å²) in [5, 5.41) is 0. The van der Waals surface area contributed by atoms with Gasteiger partial charge >= 0.3 is 0 Å². The molecule has 0 N–H and O–H groups in total. The van der Waals surface area contributed by atoms with Gasteiger partial charge in [0.05, 0.1) is 32.0 Å². The van der Waals surface area contributed by atoms with Crippen LogP contribution in [0.5, 0.6) is 0 Å². The van der Waals surface area contributed by atoms with Crippen molar-refractivity contribution >= 4 is 6.29 Å². The summed E-state index contributed by atoms with van der Waals surface area (Å²) in [6.45, 7) is 2.50. The molecule has 4 rings (SSSR count). The van der Waals surface area contributed by atoms with Gasteiger partial charge in [-0.05, 0) is 29.5 Å². The Kier molecular flexibility index (Phi) is 8.82. The quantitative estimate of drug-likeness (QED) is 0.372. The molecule has 3 aromatic carbocycles. The molecule has 4 nitrogen and oxygen atoms in total. The normalized spacial score (nSPS) is 21.0. The molecule has 0 aliphatic carbocycles. The van der Waals surface area contributed by atoms with E-state index < -0.39 is 0 Å². The number of hydrogen-bond acceptors (Lipinski definition) is 4. The second kappa shape index (κ2) is 12.4. The van der Waals surface area contributed by atoms with Crippen molar-refractivity contribution in [3.8, 4) is 0 Å². The Bertz CT molecular complexity index is 948. The van der Waals surface area contributed by atoms with Crippen molar-refractivity contribution in [3.05, 3.63) is 108 Å². The topological polar surface area (TPSA) is 38.8 Å². The molecular formula is C29H33NO3. The molecule has 0 amide bonds. The Labute approximate surface area is 197 Å². The summed E-state index contributed by atoms with van der Waals surface area (Å²) in [5.41, 5.74) is 3.57. The number of ether oxygens (including phenoxy) is 2. The smallest absolute Gasteiger partial charge is 0.121 e. The second-order valence-electron chi connectivity index (χ2n) is 8.69. The highest BCUT2D eigenvalue weighted by Crippen LogP contribution is 2.30. The van der Waals surface area contributed by atoms with Gasteiger partial charge < -0.3 is 14.3 Å². The second-order valence-corrected chi connectivity index (χ2v) is 8.69. The van der Waals surface area contributed by atoms with Crippen LogP contribution in [-0.4, -0.2) is 36.0 Å². The highest BCUT2D eigenvalue weighted by atomic mass is 16.5. The van der Waals surface area contributed by atoms with Gasteiger partial charge in [-0.25, -0.2) is 0 Å². The fourth-order valence-corrected chi connectivity index (χ4v) is 4.65. The van der Waals surface area contributed by atoms with Crippen LogP contribution in [0.1, 0.15) is 36.0 Å². The molecular weight excluding hydrogens is 410 g/mol. The van der Waals surface area contributed by atoms with Crippen molar-refractivity contribution < 1.29 is 14.3 Å². The summed E-state index contributed by atoms with van der Waals surface area (Å²) in [6.07, 6.45) is 3.51. The fourth-order valence-electron chi connectivity index (χ4n) is 4.65. The summed E-state index contributed by atoms with van der Waals surface area (Å²) in [6, 6.07) is 31.3. The van der Waals surface area contributed by atoms with Crippen molar-refractivity contribution in [2.75, 3.05) is 6.61 Å². The van der Waals surface area contributed by atoms with Crippen LogP contribution in [0.2, 0.25) is 0 Å². The van der Waals surface area contributed by atoms with Crippen LogP contribution < -0.4 is 0 Å². The Morgan fingerprint density at radius 1 is 0.758 bits per heavy atom. The van der Waals surface area contributed by atoms with Gasteiger partial charge in [-0.15, -0.1) is 0 Å². The van der Waals surface area contributed by atoms with Crippen LogP contribution >= 0.6 is 0 Å². The highest BCUT2D eigenvalue weighted by Gasteiger charge is 2.38. The predicted octanol–water partition coefficient (Wildman–Crippen LogP) is 5.41. The molecule has 1 heterocycles. The molecule has 1 saturated heterocycles. The van der Waals surface area contributed by atoms with E-state index in [4.69, 9.17) is 9.47 Å². The van der Waals surface area contributed by atoms with E-state index in [1.165, 1.54) is 11.1 Å². The van der Waals surface area contributed by atoms with E-state index >= 15 is 0 Å². The first-order valence-corrected chi connectivity index (χ1v) is 11.8. The number of rotatable bonds is 11. The van der Waals surface area contributed by atoms with Gasteiger partial charge in [-0.1, -0.05) is 91.0 Å². The van der Waals surface area contributed by atoms with Crippen molar-refractivity contribution in [1.29, 1.82) is 0 Å². The van der Waals surface area contributed by atoms with Crippen molar-refractivity contribution in [2.45, 2.75) is 57.2 Å². The molecule has 3 aromatic rings. The van der Waals surface area contributed by atoms with Crippen molar-refractivity contribution in [2.24, 2.45) is 0 Å². The van der Waals surface area contributed by atoms with Crippen LogP contribution in [-0.2, 0) is 34.0 Å². The largest absolute Gasteiger partial charge is 0.375 e. The average molecular weight is 444 g/mol. The van der Waals surface area contributed by atoms with E-state index in [2.05, 4.69) is 53.4 Å². The van der Waals surface area contributed by atoms with Gasteiger partial charge in [0, 0.05) is 19.0 Å². The molecule has 1 aliphatic rings. The lowest BCUT2D eigenvalue weighted by Gasteiger charge is -2.46. The number of hydrogen-bond donors (Lipinski definition) is 0. The Morgan fingerprint density at radius 2 is 1.33 bits per heavy atom. The van der Waals surface area contributed by atoms with Gasteiger partial charge in [-0.3, -0.25) is 4.90 Å². The van der Waals surface area contributed by atoms with Crippen LogP contribution in [0.25, 0.3) is 0 Å². The Balaban J connectivity index is 1.50. The number of carbonyl (C=O) groups is 1. The van der Waals surface area contributed by atoms with Gasteiger partial charge in [-0.2, -0.15) is 0 Å². The van der Waals surface area contributed by atoms with E-state index in [9.17, 15) is 4.79 Å².